The van der Waals surface area contributed by atoms with Crippen LogP contribution in [-0.4, -0.2) is 63.8 Å². The van der Waals surface area contributed by atoms with E-state index >= 15 is 0 Å². The third-order valence-corrected chi connectivity index (χ3v) is 5.74. The number of rotatable bonds is 9. The van der Waals surface area contributed by atoms with Crippen LogP contribution in [0.4, 0.5) is 0 Å². The molecule has 1 aliphatic heterocycles. The third kappa shape index (κ3) is 8.09. The van der Waals surface area contributed by atoms with Crippen molar-refractivity contribution in [2.45, 2.75) is 19.8 Å². The van der Waals surface area contributed by atoms with Crippen LogP contribution < -0.4 is 15.4 Å². The van der Waals surface area contributed by atoms with Crippen LogP contribution in [0.2, 0.25) is 0 Å². The molecule has 9 heteroatoms. The van der Waals surface area contributed by atoms with Gasteiger partial charge >= 0.3 is 0 Å². The molecule has 148 valence electrons. The first-order chi connectivity index (χ1) is 12.1. The first kappa shape index (κ1) is 23.0. The van der Waals surface area contributed by atoms with E-state index in [9.17, 15) is 8.42 Å². The Morgan fingerprint density at radius 1 is 1.27 bits per heavy atom. The van der Waals surface area contributed by atoms with Crippen LogP contribution in [0.5, 0.6) is 5.75 Å². The van der Waals surface area contributed by atoms with E-state index in [-0.39, 0.29) is 29.7 Å². The van der Waals surface area contributed by atoms with Gasteiger partial charge in [0.25, 0.3) is 0 Å². The quantitative estimate of drug-likeness (QED) is 0.235. The molecule has 1 heterocycles. The minimum atomic E-state index is -3.03. The van der Waals surface area contributed by atoms with Crippen LogP contribution in [0.1, 0.15) is 19.8 Å². The number of hydrogen-bond donors (Lipinski definition) is 2. The second-order valence-corrected chi connectivity index (χ2v) is 7.86. The highest BCUT2D eigenvalue weighted by molar-refractivity contribution is 14.0. The van der Waals surface area contributed by atoms with Gasteiger partial charge in [-0.2, -0.15) is 0 Å². The van der Waals surface area contributed by atoms with Crippen LogP contribution in [0.15, 0.2) is 35.3 Å². The molecular formula is C17H29IN4O3S. The Bertz CT molecular complexity index is 641. The number of ether oxygens (including phenoxy) is 1. The Balaban J connectivity index is 0.00000338. The molecule has 0 bridgehead atoms. The van der Waals surface area contributed by atoms with E-state index in [0.29, 0.717) is 38.7 Å². The van der Waals surface area contributed by atoms with Crippen molar-refractivity contribution in [3.05, 3.63) is 30.3 Å². The summed E-state index contributed by atoms with van der Waals surface area (Å²) in [6.45, 7) is 5.65. The number of nitrogens with zero attached hydrogens (tertiary/aromatic N) is 2. The van der Waals surface area contributed by atoms with Gasteiger partial charge in [-0.15, -0.1) is 24.0 Å². The lowest BCUT2D eigenvalue weighted by molar-refractivity contribution is 0.313. The highest BCUT2D eigenvalue weighted by Crippen LogP contribution is 2.11. The van der Waals surface area contributed by atoms with Gasteiger partial charge in [-0.1, -0.05) is 18.2 Å². The largest absolute Gasteiger partial charge is 0.494 e. The number of aliphatic imine (C=N–C) groups is 1. The number of sulfonamides is 1. The molecule has 1 aliphatic rings. The van der Waals surface area contributed by atoms with E-state index in [1.807, 2.05) is 37.3 Å². The van der Waals surface area contributed by atoms with Crippen molar-refractivity contribution in [1.29, 1.82) is 0 Å². The second kappa shape index (κ2) is 12.3. The maximum atomic E-state index is 11.8. The van der Waals surface area contributed by atoms with Crippen molar-refractivity contribution >= 4 is 40.0 Å². The van der Waals surface area contributed by atoms with Crippen molar-refractivity contribution in [2.75, 3.05) is 45.1 Å². The Kier molecular flexibility index (Phi) is 10.9. The molecule has 7 nitrogen and oxygen atoms in total. The molecule has 1 aromatic rings. The molecule has 0 spiro atoms. The molecule has 0 saturated carbocycles. The Labute approximate surface area is 173 Å². The number of para-hydroxylation sites is 1. The Morgan fingerprint density at radius 2 is 2.04 bits per heavy atom. The van der Waals surface area contributed by atoms with Crippen molar-refractivity contribution in [3.63, 3.8) is 0 Å². The van der Waals surface area contributed by atoms with Crippen LogP contribution in [-0.2, 0) is 10.0 Å². The summed E-state index contributed by atoms with van der Waals surface area (Å²) in [6.07, 6.45) is 1.53. The van der Waals surface area contributed by atoms with Crippen LogP contribution in [0, 0.1) is 0 Å². The zero-order chi connectivity index (χ0) is 18.0. The summed E-state index contributed by atoms with van der Waals surface area (Å²) in [5, 5.41) is 6.35. The van der Waals surface area contributed by atoms with Crippen molar-refractivity contribution in [2.24, 2.45) is 4.99 Å². The molecule has 0 unspecified atom stereocenters. The molecule has 1 aromatic carbocycles. The summed E-state index contributed by atoms with van der Waals surface area (Å²) in [6, 6.07) is 9.71. The molecule has 2 rings (SSSR count). The number of guanidine groups is 1. The van der Waals surface area contributed by atoms with Gasteiger partial charge in [0.1, 0.15) is 5.75 Å². The Morgan fingerprint density at radius 3 is 2.69 bits per heavy atom. The van der Waals surface area contributed by atoms with Crippen LogP contribution >= 0.6 is 24.0 Å². The fourth-order valence-electron chi connectivity index (χ4n) is 2.55. The summed E-state index contributed by atoms with van der Waals surface area (Å²) in [4.78, 5) is 4.49. The minimum Gasteiger partial charge on any atom is -0.494 e. The van der Waals surface area contributed by atoms with E-state index in [2.05, 4.69) is 15.6 Å². The number of halogens is 1. The van der Waals surface area contributed by atoms with Crippen molar-refractivity contribution < 1.29 is 13.2 Å². The zero-order valence-corrected chi connectivity index (χ0v) is 18.3. The molecule has 0 aromatic heterocycles. The highest BCUT2D eigenvalue weighted by atomic mass is 127. The molecule has 0 radical (unpaired) electrons. The molecule has 1 saturated heterocycles. The number of nitrogens with one attached hydrogen (secondary N) is 2. The van der Waals surface area contributed by atoms with Crippen molar-refractivity contribution in [1.82, 2.24) is 14.9 Å². The highest BCUT2D eigenvalue weighted by Gasteiger charge is 2.27. The van der Waals surface area contributed by atoms with Crippen molar-refractivity contribution in [3.8, 4) is 5.75 Å². The van der Waals surface area contributed by atoms with Gasteiger partial charge in [-0.25, -0.2) is 12.7 Å². The van der Waals surface area contributed by atoms with E-state index in [1.54, 1.807) is 0 Å². The summed E-state index contributed by atoms with van der Waals surface area (Å²) in [5.41, 5.74) is 0. The van der Waals surface area contributed by atoms with Gasteiger partial charge < -0.3 is 15.4 Å². The van der Waals surface area contributed by atoms with Crippen LogP contribution in [0.25, 0.3) is 0 Å². The van der Waals surface area contributed by atoms with Gasteiger partial charge in [0, 0.05) is 39.1 Å². The predicted molar refractivity (Wildman–Crippen MR) is 116 cm³/mol. The topological polar surface area (TPSA) is 83.0 Å². The molecule has 1 fully saturated rings. The molecule has 2 N–H and O–H groups in total. The normalized spacial score (nSPS) is 16.7. The lowest BCUT2D eigenvalue weighted by atomic mass is 10.3. The van der Waals surface area contributed by atoms with E-state index in [0.717, 1.165) is 25.1 Å². The maximum Gasteiger partial charge on any atom is 0.214 e. The molecule has 26 heavy (non-hydrogen) atoms. The SMILES string of the molecule is CCNC(=NCCCOc1ccccc1)NCCN1CCCS1(=O)=O.I. The summed E-state index contributed by atoms with van der Waals surface area (Å²) in [5.74, 6) is 1.84. The van der Waals surface area contributed by atoms with E-state index < -0.39 is 10.0 Å². The first-order valence-electron chi connectivity index (χ1n) is 8.79. The average Bonchev–Trinajstić information content (AvgIpc) is 2.94. The lowest BCUT2D eigenvalue weighted by Gasteiger charge is -2.16. The monoisotopic (exact) mass is 496 g/mol. The van der Waals surface area contributed by atoms with Gasteiger partial charge in [0.2, 0.25) is 10.0 Å². The van der Waals surface area contributed by atoms with Gasteiger partial charge in [-0.3, -0.25) is 4.99 Å². The van der Waals surface area contributed by atoms with Gasteiger partial charge in [-0.05, 0) is 25.5 Å². The van der Waals surface area contributed by atoms with Gasteiger partial charge in [0.05, 0.1) is 12.4 Å². The summed E-state index contributed by atoms with van der Waals surface area (Å²) < 4.78 is 30.7. The number of benzene rings is 1. The molecule has 0 aliphatic carbocycles. The third-order valence-electron chi connectivity index (χ3n) is 3.79. The average molecular weight is 496 g/mol. The predicted octanol–water partition coefficient (Wildman–Crippen LogP) is 1.66. The van der Waals surface area contributed by atoms with E-state index in [4.69, 9.17) is 4.74 Å². The smallest absolute Gasteiger partial charge is 0.214 e. The van der Waals surface area contributed by atoms with Crippen LogP contribution in [0.3, 0.4) is 0 Å². The molecule has 0 atom stereocenters. The fraction of sp³-hybridized carbons (Fsp3) is 0.588. The standard InChI is InChI=1S/C17H28N4O3S.HI/c1-2-18-17(20-11-13-21-12-7-15-25(21,22)23)19-10-6-14-24-16-8-4-3-5-9-16;/h3-5,8-9H,2,6-7,10-15H2,1H3,(H2,18,19,20);1H. The fourth-order valence-corrected chi connectivity index (χ4v) is 4.07. The van der Waals surface area contributed by atoms with E-state index in [1.165, 1.54) is 4.31 Å². The lowest BCUT2D eigenvalue weighted by Crippen LogP contribution is -2.42. The summed E-state index contributed by atoms with van der Waals surface area (Å²) in [7, 11) is -3.03. The number of hydrogen-bond acceptors (Lipinski definition) is 4. The molecular weight excluding hydrogens is 467 g/mol. The van der Waals surface area contributed by atoms with Gasteiger partial charge in [0.15, 0.2) is 5.96 Å². The second-order valence-electron chi connectivity index (χ2n) is 5.77. The zero-order valence-electron chi connectivity index (χ0n) is 15.2. The molecule has 0 amide bonds. The first-order valence-corrected chi connectivity index (χ1v) is 10.4. The summed E-state index contributed by atoms with van der Waals surface area (Å²) >= 11 is 0. The maximum absolute atomic E-state index is 11.8. The Hall–Kier alpha value is -1.07. The minimum absolute atomic E-state index is 0.